The molecule has 0 spiro atoms. The van der Waals surface area contributed by atoms with Crippen molar-refractivity contribution < 1.29 is 12.8 Å². The van der Waals surface area contributed by atoms with E-state index in [2.05, 4.69) is 6.92 Å². The Balaban J connectivity index is 2.37. The first-order valence-corrected chi connectivity index (χ1v) is 8.81. The zero-order valence-electron chi connectivity index (χ0n) is 11.9. The molecule has 0 atom stereocenters. The minimum atomic E-state index is -3.77. The molecule has 21 heavy (non-hydrogen) atoms. The lowest BCUT2D eigenvalue weighted by Crippen LogP contribution is -2.39. The van der Waals surface area contributed by atoms with Gasteiger partial charge >= 0.3 is 0 Å². The Morgan fingerprint density at radius 2 is 2.05 bits per heavy atom. The molecule has 7 heteroatoms. The highest BCUT2D eigenvalue weighted by Gasteiger charge is 2.31. The molecule has 1 aromatic carbocycles. The van der Waals surface area contributed by atoms with E-state index in [1.165, 1.54) is 16.4 Å². The molecule has 0 bridgehead atoms. The minimum Gasteiger partial charge on any atom is -0.389 e. The van der Waals surface area contributed by atoms with Gasteiger partial charge in [0.1, 0.15) is 10.8 Å². The highest BCUT2D eigenvalue weighted by molar-refractivity contribution is 7.89. The van der Waals surface area contributed by atoms with Crippen LogP contribution in [0.5, 0.6) is 0 Å². The Hall–Kier alpha value is -1.05. The Morgan fingerprint density at radius 1 is 1.43 bits per heavy atom. The topological polar surface area (TPSA) is 63.4 Å². The maximum Gasteiger partial charge on any atom is 0.243 e. The van der Waals surface area contributed by atoms with Crippen molar-refractivity contribution in [2.45, 2.75) is 31.1 Å². The molecule has 4 nitrogen and oxygen atoms in total. The molecule has 0 saturated carbocycles. The predicted molar refractivity (Wildman–Crippen MR) is 84.1 cm³/mol. The molecule has 0 unspecified atom stereocenters. The molecule has 1 aromatic rings. The van der Waals surface area contributed by atoms with E-state index in [0.29, 0.717) is 19.0 Å². The van der Waals surface area contributed by atoms with Crippen LogP contribution in [0.25, 0.3) is 0 Å². The lowest BCUT2D eigenvalue weighted by molar-refractivity contribution is 0.269. The lowest BCUT2D eigenvalue weighted by atomic mass is 9.96. The SMILES string of the molecule is CCC1CCN(S(=O)(=O)c2cccc(F)c2C(N)=S)CC1. The van der Waals surface area contributed by atoms with E-state index in [-0.39, 0.29) is 15.4 Å². The molecule has 2 N–H and O–H groups in total. The van der Waals surface area contributed by atoms with Crippen LogP contribution in [-0.2, 0) is 10.0 Å². The first-order chi connectivity index (χ1) is 9.87. The van der Waals surface area contributed by atoms with Crippen molar-refractivity contribution >= 4 is 27.2 Å². The number of hydrogen-bond donors (Lipinski definition) is 1. The Labute approximate surface area is 130 Å². The van der Waals surface area contributed by atoms with Crippen LogP contribution in [0.1, 0.15) is 31.7 Å². The van der Waals surface area contributed by atoms with Crippen LogP contribution >= 0.6 is 12.2 Å². The third kappa shape index (κ3) is 3.25. The molecule has 1 saturated heterocycles. The zero-order valence-corrected chi connectivity index (χ0v) is 13.5. The van der Waals surface area contributed by atoms with Crippen molar-refractivity contribution in [2.24, 2.45) is 11.7 Å². The molecule has 1 aliphatic heterocycles. The van der Waals surface area contributed by atoms with Crippen molar-refractivity contribution in [1.29, 1.82) is 0 Å². The molecular weight excluding hydrogens is 311 g/mol. The second-order valence-electron chi connectivity index (χ2n) is 5.23. The van der Waals surface area contributed by atoms with E-state index in [0.717, 1.165) is 25.3 Å². The number of piperidine rings is 1. The maximum absolute atomic E-state index is 13.9. The molecule has 116 valence electrons. The fourth-order valence-corrected chi connectivity index (χ4v) is 4.61. The van der Waals surface area contributed by atoms with Crippen molar-refractivity contribution in [1.82, 2.24) is 4.31 Å². The van der Waals surface area contributed by atoms with Gasteiger partial charge in [0.2, 0.25) is 10.0 Å². The summed E-state index contributed by atoms with van der Waals surface area (Å²) < 4.78 is 40.7. The number of nitrogens with two attached hydrogens (primary N) is 1. The normalized spacial score (nSPS) is 17.8. The maximum atomic E-state index is 13.9. The lowest BCUT2D eigenvalue weighted by Gasteiger charge is -2.31. The first kappa shape index (κ1) is 16.3. The summed E-state index contributed by atoms with van der Waals surface area (Å²) in [5.41, 5.74) is 5.30. The Morgan fingerprint density at radius 3 is 2.57 bits per heavy atom. The van der Waals surface area contributed by atoms with Gasteiger partial charge in [-0.3, -0.25) is 0 Å². The van der Waals surface area contributed by atoms with Gasteiger partial charge in [0.05, 0.1) is 10.5 Å². The van der Waals surface area contributed by atoms with Crippen molar-refractivity contribution in [3.8, 4) is 0 Å². The van der Waals surface area contributed by atoms with E-state index < -0.39 is 15.8 Å². The van der Waals surface area contributed by atoms with Gasteiger partial charge in [-0.15, -0.1) is 0 Å². The van der Waals surface area contributed by atoms with E-state index in [1.54, 1.807) is 0 Å². The fraction of sp³-hybridized carbons (Fsp3) is 0.500. The van der Waals surface area contributed by atoms with E-state index in [9.17, 15) is 12.8 Å². The second kappa shape index (κ2) is 6.37. The summed E-state index contributed by atoms with van der Waals surface area (Å²) in [5, 5.41) is 0. The van der Waals surface area contributed by atoms with Gasteiger partial charge in [-0.05, 0) is 30.9 Å². The van der Waals surface area contributed by atoms with Crippen LogP contribution in [0.2, 0.25) is 0 Å². The van der Waals surface area contributed by atoms with E-state index >= 15 is 0 Å². The summed E-state index contributed by atoms with van der Waals surface area (Å²) in [6.07, 6.45) is 2.70. The Bertz CT molecular complexity index is 638. The van der Waals surface area contributed by atoms with Crippen LogP contribution in [0, 0.1) is 11.7 Å². The summed E-state index contributed by atoms with van der Waals surface area (Å²) in [6, 6.07) is 3.89. The number of nitrogens with zero attached hydrogens (tertiary/aromatic N) is 1. The molecular formula is C14H19FN2O2S2. The predicted octanol–water partition coefficient (Wildman–Crippen LogP) is 2.27. The molecule has 0 aliphatic carbocycles. The third-order valence-corrected chi connectivity index (χ3v) is 6.14. The van der Waals surface area contributed by atoms with Gasteiger partial charge < -0.3 is 5.73 Å². The quantitative estimate of drug-likeness (QED) is 0.860. The average molecular weight is 330 g/mol. The standard InChI is InChI=1S/C14H19FN2O2S2/c1-2-10-6-8-17(9-7-10)21(18,19)12-5-3-4-11(15)13(12)14(16)20/h3-5,10H,2,6-9H2,1H3,(H2,16,20). The number of benzene rings is 1. The third-order valence-electron chi connectivity index (χ3n) is 3.99. The first-order valence-electron chi connectivity index (χ1n) is 6.96. The number of hydrogen-bond acceptors (Lipinski definition) is 3. The van der Waals surface area contributed by atoms with Crippen LogP contribution in [0.15, 0.2) is 23.1 Å². The van der Waals surface area contributed by atoms with Crippen LogP contribution in [0.3, 0.4) is 0 Å². The second-order valence-corrected chi connectivity index (χ2v) is 7.58. The highest BCUT2D eigenvalue weighted by atomic mass is 32.2. The Kier molecular flexibility index (Phi) is 4.95. The molecule has 2 rings (SSSR count). The van der Waals surface area contributed by atoms with E-state index in [4.69, 9.17) is 18.0 Å². The van der Waals surface area contributed by atoms with Gasteiger partial charge in [0, 0.05) is 13.1 Å². The van der Waals surface area contributed by atoms with Gasteiger partial charge in [-0.2, -0.15) is 4.31 Å². The van der Waals surface area contributed by atoms with E-state index in [1.807, 2.05) is 0 Å². The highest BCUT2D eigenvalue weighted by Crippen LogP contribution is 2.28. The van der Waals surface area contributed by atoms with Crippen LogP contribution in [-0.4, -0.2) is 30.8 Å². The van der Waals surface area contributed by atoms with Gasteiger partial charge in [-0.25, -0.2) is 12.8 Å². The zero-order chi connectivity index (χ0) is 15.6. The molecule has 1 heterocycles. The fourth-order valence-electron chi connectivity index (χ4n) is 2.66. The number of thiocarbonyl (C=S) groups is 1. The molecule has 0 amide bonds. The van der Waals surface area contributed by atoms with Crippen LogP contribution < -0.4 is 5.73 Å². The summed E-state index contributed by atoms with van der Waals surface area (Å²) in [6.45, 7) is 3.01. The molecule has 0 radical (unpaired) electrons. The van der Waals surface area contributed by atoms with Crippen LogP contribution in [0.4, 0.5) is 4.39 Å². The number of rotatable bonds is 4. The summed E-state index contributed by atoms with van der Waals surface area (Å²) in [4.78, 5) is -0.375. The van der Waals surface area contributed by atoms with Crippen molar-refractivity contribution in [3.05, 3.63) is 29.6 Å². The summed E-state index contributed by atoms with van der Waals surface area (Å²) >= 11 is 4.80. The number of halogens is 1. The largest absolute Gasteiger partial charge is 0.389 e. The van der Waals surface area contributed by atoms with Gasteiger partial charge in [0.15, 0.2) is 0 Å². The summed E-state index contributed by atoms with van der Waals surface area (Å²) in [5.74, 6) is -0.147. The summed E-state index contributed by atoms with van der Waals surface area (Å²) in [7, 11) is -3.77. The molecule has 1 fully saturated rings. The van der Waals surface area contributed by atoms with Crippen molar-refractivity contribution in [3.63, 3.8) is 0 Å². The van der Waals surface area contributed by atoms with Crippen molar-refractivity contribution in [2.75, 3.05) is 13.1 Å². The molecule has 0 aromatic heterocycles. The van der Waals surface area contributed by atoms with Gasteiger partial charge in [-0.1, -0.05) is 31.6 Å². The minimum absolute atomic E-state index is 0.134. The average Bonchev–Trinajstić information content (AvgIpc) is 2.46. The smallest absolute Gasteiger partial charge is 0.243 e. The van der Waals surface area contributed by atoms with Gasteiger partial charge in [0.25, 0.3) is 0 Å². The number of sulfonamides is 1. The molecule has 1 aliphatic rings. The monoisotopic (exact) mass is 330 g/mol.